The van der Waals surface area contributed by atoms with Gasteiger partial charge in [-0.15, -0.1) is 0 Å². The zero-order valence-electron chi connectivity index (χ0n) is 43.1. The zero-order chi connectivity index (χ0) is 50.2. The molecule has 0 saturated carbocycles. The quantitative estimate of drug-likeness (QED) is 0.157. The number of aromatic nitrogens is 2. The monoisotopic (exact) mass is 937 g/mol. The van der Waals surface area contributed by atoms with E-state index >= 15 is 0 Å². The summed E-state index contributed by atoms with van der Waals surface area (Å²) in [6.45, 7) is 15.1. The Morgan fingerprint density at radius 3 is 1.11 bits per heavy atom. The molecule has 0 N–H and O–H groups in total. The lowest BCUT2D eigenvalue weighted by Crippen LogP contribution is -1.93. The van der Waals surface area contributed by atoms with Crippen molar-refractivity contribution in [2.45, 2.75) is 67.2 Å². The second-order valence-electron chi connectivity index (χ2n) is 19.0. The van der Waals surface area contributed by atoms with Gasteiger partial charge in [0.1, 0.15) is 0 Å². The van der Waals surface area contributed by atoms with Crippen molar-refractivity contribution in [3.05, 3.63) is 288 Å². The molecule has 0 amide bonds. The van der Waals surface area contributed by atoms with Gasteiger partial charge >= 0.3 is 0 Å². The molecule has 2 aromatic heterocycles. The van der Waals surface area contributed by atoms with Crippen molar-refractivity contribution in [2.24, 2.45) is 0 Å². The van der Waals surface area contributed by atoms with Gasteiger partial charge in [0.15, 0.2) is 0 Å². The minimum atomic E-state index is 0.604. The fourth-order valence-electron chi connectivity index (χ4n) is 9.14. The SMILES string of the molecule is CCCc1ccc2c(c1)c1ccccc1n2-c1ccccc1.Cc1ccc(-c2ccc(C(C)C)cc2)cc1.Cc1ccc2c(c1)c1ccccc1n2-c1ccccc1.Cc1ccccc1.Cc1ccccc1. The topological polar surface area (TPSA) is 9.86 Å². The van der Waals surface area contributed by atoms with Crippen LogP contribution in [0.4, 0.5) is 0 Å². The number of fused-ring (bicyclic) bond motifs is 6. The van der Waals surface area contributed by atoms with Crippen molar-refractivity contribution in [3.63, 3.8) is 0 Å². The Hall–Kier alpha value is -8.20. The number of rotatable bonds is 6. The molecule has 0 unspecified atom stereocenters. The fourth-order valence-corrected chi connectivity index (χ4v) is 9.14. The molecule has 10 aromatic carbocycles. The number of aryl methyl sites for hydroxylation is 5. The molecule has 0 atom stereocenters. The van der Waals surface area contributed by atoms with E-state index < -0.39 is 0 Å². The van der Waals surface area contributed by atoms with Crippen molar-refractivity contribution < 1.29 is 0 Å². The van der Waals surface area contributed by atoms with Crippen LogP contribution in [-0.2, 0) is 6.42 Å². The van der Waals surface area contributed by atoms with Crippen LogP contribution in [0.15, 0.2) is 255 Å². The van der Waals surface area contributed by atoms with E-state index in [4.69, 9.17) is 0 Å². The molecule has 0 fully saturated rings. The maximum atomic E-state index is 2.36. The van der Waals surface area contributed by atoms with E-state index in [0.717, 1.165) is 6.42 Å². The summed E-state index contributed by atoms with van der Waals surface area (Å²) in [6.07, 6.45) is 2.32. The molecule has 358 valence electrons. The highest BCUT2D eigenvalue weighted by molar-refractivity contribution is 6.10. The van der Waals surface area contributed by atoms with Gasteiger partial charge in [0.05, 0.1) is 22.1 Å². The molecular weight excluding hydrogens is 869 g/mol. The lowest BCUT2D eigenvalue weighted by molar-refractivity contribution is 0.867. The molecule has 0 saturated heterocycles. The highest BCUT2D eigenvalue weighted by Gasteiger charge is 2.13. The molecule has 2 heteroatoms. The average Bonchev–Trinajstić information content (AvgIpc) is 3.93. The standard InChI is InChI=1S/C21H19N.C19H15N.C16H18.2C7H8/c1-2-8-16-13-14-21-19(15-16)18-11-6-7-12-20(18)22(21)17-9-4-3-5-10-17;1-14-11-12-19-17(13-14)16-9-5-6-10-18(16)20(19)15-7-3-2-4-8-15;1-12(2)14-8-10-16(11-9-14)15-6-4-13(3)5-7-15;2*1-7-5-3-2-4-6-7/h3-7,9-15H,2,8H2,1H3;2-13H,1H3;4-12H,1-3H3;2*2-6H,1H3. The van der Waals surface area contributed by atoms with Crippen molar-refractivity contribution >= 4 is 43.6 Å². The second-order valence-corrected chi connectivity index (χ2v) is 19.0. The first-order chi connectivity index (χ1) is 35.2. The highest BCUT2D eigenvalue weighted by atomic mass is 15.0. The third-order valence-electron chi connectivity index (χ3n) is 13.0. The molecule has 0 bridgehead atoms. The van der Waals surface area contributed by atoms with Crippen LogP contribution in [0.5, 0.6) is 0 Å². The van der Waals surface area contributed by atoms with Crippen LogP contribution in [0, 0.1) is 27.7 Å². The van der Waals surface area contributed by atoms with Gasteiger partial charge in [-0.1, -0.05) is 244 Å². The summed E-state index contributed by atoms with van der Waals surface area (Å²) in [5, 5.41) is 5.32. The number of benzene rings is 10. The van der Waals surface area contributed by atoms with Gasteiger partial charge in [-0.2, -0.15) is 0 Å². The van der Waals surface area contributed by atoms with Crippen molar-refractivity contribution in [1.82, 2.24) is 9.13 Å². The summed E-state index contributed by atoms with van der Waals surface area (Å²) < 4.78 is 4.70. The van der Waals surface area contributed by atoms with Gasteiger partial charge in [0, 0.05) is 32.9 Å². The molecule has 0 aliphatic carbocycles. The summed E-state index contributed by atoms with van der Waals surface area (Å²) >= 11 is 0. The maximum Gasteiger partial charge on any atom is 0.0541 e. The van der Waals surface area contributed by atoms with Gasteiger partial charge in [0.2, 0.25) is 0 Å². The van der Waals surface area contributed by atoms with Crippen LogP contribution in [-0.4, -0.2) is 9.13 Å². The lowest BCUT2D eigenvalue weighted by Gasteiger charge is -2.07. The summed E-state index contributed by atoms with van der Waals surface area (Å²) in [7, 11) is 0. The van der Waals surface area contributed by atoms with Crippen LogP contribution >= 0.6 is 0 Å². The van der Waals surface area contributed by atoms with Crippen molar-refractivity contribution in [2.75, 3.05) is 0 Å². The number of hydrogen-bond acceptors (Lipinski definition) is 0. The largest absolute Gasteiger partial charge is 0.309 e. The molecule has 0 aliphatic rings. The molecule has 0 aliphatic heterocycles. The summed E-state index contributed by atoms with van der Waals surface area (Å²) in [4.78, 5) is 0. The minimum absolute atomic E-state index is 0.604. The highest BCUT2D eigenvalue weighted by Crippen LogP contribution is 2.34. The average molecular weight is 937 g/mol. The molecular formula is C70H68N2. The van der Waals surface area contributed by atoms with Gasteiger partial charge in [0.25, 0.3) is 0 Å². The summed E-state index contributed by atoms with van der Waals surface area (Å²) in [5.41, 5.74) is 18.2. The first kappa shape index (κ1) is 50.2. The zero-order valence-corrected chi connectivity index (χ0v) is 43.1. The fraction of sp³-hybridized carbons (Fsp3) is 0.143. The first-order valence-corrected chi connectivity index (χ1v) is 25.5. The van der Waals surface area contributed by atoms with E-state index in [1.165, 1.54) is 106 Å². The Balaban J connectivity index is 0.000000128. The number of para-hydroxylation sites is 4. The number of nitrogens with zero attached hydrogens (tertiary/aromatic N) is 2. The number of hydrogen-bond donors (Lipinski definition) is 0. The van der Waals surface area contributed by atoms with E-state index in [0.29, 0.717) is 5.92 Å². The van der Waals surface area contributed by atoms with E-state index in [-0.39, 0.29) is 0 Å². The second kappa shape index (κ2) is 24.6. The van der Waals surface area contributed by atoms with Gasteiger partial charge in [-0.25, -0.2) is 0 Å². The van der Waals surface area contributed by atoms with Crippen molar-refractivity contribution in [1.29, 1.82) is 0 Å². The normalized spacial score (nSPS) is 10.7. The lowest BCUT2D eigenvalue weighted by atomic mass is 9.98. The van der Waals surface area contributed by atoms with E-state index in [1.807, 2.05) is 36.4 Å². The van der Waals surface area contributed by atoms with Gasteiger partial charge in [-0.05, 0) is 123 Å². The Labute approximate surface area is 428 Å². The summed E-state index contributed by atoms with van der Waals surface area (Å²) in [6, 6.07) is 90.1. The van der Waals surface area contributed by atoms with E-state index in [9.17, 15) is 0 Å². The van der Waals surface area contributed by atoms with Crippen LogP contribution in [0.1, 0.15) is 66.5 Å². The van der Waals surface area contributed by atoms with E-state index in [1.54, 1.807) is 0 Å². The van der Waals surface area contributed by atoms with Crippen LogP contribution < -0.4 is 0 Å². The first-order valence-electron chi connectivity index (χ1n) is 25.5. The van der Waals surface area contributed by atoms with Crippen LogP contribution in [0.25, 0.3) is 66.1 Å². The predicted molar refractivity (Wildman–Crippen MR) is 313 cm³/mol. The molecule has 0 spiro atoms. The minimum Gasteiger partial charge on any atom is -0.309 e. The molecule has 2 nitrogen and oxygen atoms in total. The maximum absolute atomic E-state index is 2.36. The molecule has 12 rings (SSSR count). The predicted octanol–water partition coefficient (Wildman–Crippen LogP) is 19.6. The Kier molecular flexibility index (Phi) is 17.1. The van der Waals surface area contributed by atoms with Gasteiger partial charge in [-0.3, -0.25) is 0 Å². The Bertz CT molecular complexity index is 3510. The summed E-state index contributed by atoms with van der Waals surface area (Å²) in [5.74, 6) is 0.604. The van der Waals surface area contributed by atoms with Gasteiger partial charge < -0.3 is 9.13 Å². The molecule has 0 radical (unpaired) electrons. The van der Waals surface area contributed by atoms with E-state index in [2.05, 4.69) is 276 Å². The Morgan fingerprint density at radius 2 is 0.681 bits per heavy atom. The van der Waals surface area contributed by atoms with Crippen LogP contribution in [0.2, 0.25) is 0 Å². The Morgan fingerprint density at radius 1 is 0.319 bits per heavy atom. The molecule has 2 heterocycles. The smallest absolute Gasteiger partial charge is 0.0541 e. The molecule has 72 heavy (non-hydrogen) atoms. The van der Waals surface area contributed by atoms with Crippen LogP contribution in [0.3, 0.4) is 0 Å². The third kappa shape index (κ3) is 12.6. The van der Waals surface area contributed by atoms with Crippen molar-refractivity contribution in [3.8, 4) is 22.5 Å². The molecule has 12 aromatic rings. The third-order valence-corrected chi connectivity index (χ3v) is 13.0.